The number of carboxylic acids is 1. The number of nitrogens with one attached hydrogen (secondary N) is 1. The normalized spacial score (nSPS) is 18.0. The molecule has 1 amide bonds. The summed E-state index contributed by atoms with van der Waals surface area (Å²) >= 11 is 12.0. The monoisotopic (exact) mass is 344 g/mol. The smallest absolute Gasteiger partial charge is 0.306 e. The number of hydrogen-bond acceptors (Lipinski definition) is 3. The number of carbonyl (C=O) groups is 2. The van der Waals surface area contributed by atoms with Gasteiger partial charge in [-0.1, -0.05) is 29.3 Å². The van der Waals surface area contributed by atoms with E-state index >= 15 is 0 Å². The van der Waals surface area contributed by atoms with Gasteiger partial charge in [0.2, 0.25) is 5.91 Å². The quantitative estimate of drug-likeness (QED) is 0.880. The van der Waals surface area contributed by atoms with Crippen LogP contribution in [0.15, 0.2) is 18.2 Å². The fourth-order valence-electron chi connectivity index (χ4n) is 2.54. The summed E-state index contributed by atoms with van der Waals surface area (Å²) in [6.07, 6.45) is 1.12. The summed E-state index contributed by atoms with van der Waals surface area (Å²) in [6, 6.07) is 4.70. The van der Waals surface area contributed by atoms with Gasteiger partial charge in [-0.2, -0.15) is 0 Å². The van der Waals surface area contributed by atoms with Gasteiger partial charge in [0, 0.05) is 0 Å². The molecule has 1 aromatic carbocycles. The zero-order chi connectivity index (χ0) is 16.3. The van der Waals surface area contributed by atoms with Crippen LogP contribution < -0.4 is 5.32 Å². The first kappa shape index (κ1) is 17.1. The highest BCUT2D eigenvalue weighted by atomic mass is 35.5. The summed E-state index contributed by atoms with van der Waals surface area (Å²) < 4.78 is 0. The number of carbonyl (C=O) groups excluding carboxylic acids is 1. The molecule has 22 heavy (non-hydrogen) atoms. The van der Waals surface area contributed by atoms with Gasteiger partial charge in [-0.3, -0.25) is 14.5 Å². The van der Waals surface area contributed by atoms with E-state index in [1.165, 1.54) is 0 Å². The average Bonchev–Trinajstić information content (AvgIpc) is 2.51. The van der Waals surface area contributed by atoms with Crippen molar-refractivity contribution in [3.8, 4) is 0 Å². The molecule has 0 spiro atoms. The molecule has 0 saturated carbocycles. The summed E-state index contributed by atoms with van der Waals surface area (Å²) in [5.74, 6) is -1.26. The van der Waals surface area contributed by atoms with Crippen LogP contribution in [0.1, 0.15) is 19.8 Å². The number of halogens is 2. The van der Waals surface area contributed by atoms with Gasteiger partial charge in [0.1, 0.15) is 0 Å². The van der Waals surface area contributed by atoms with Crippen molar-refractivity contribution in [1.29, 1.82) is 0 Å². The maximum Gasteiger partial charge on any atom is 0.306 e. The fraction of sp³-hybridized carbons (Fsp3) is 0.467. The van der Waals surface area contributed by atoms with Crippen molar-refractivity contribution in [2.24, 2.45) is 5.92 Å². The molecule has 1 aliphatic rings. The number of piperidine rings is 1. The van der Waals surface area contributed by atoms with Crippen LogP contribution in [0.2, 0.25) is 10.0 Å². The Hall–Kier alpha value is -1.30. The van der Waals surface area contributed by atoms with E-state index in [2.05, 4.69) is 5.32 Å². The fourth-order valence-corrected chi connectivity index (χ4v) is 2.88. The van der Waals surface area contributed by atoms with Crippen LogP contribution in [0, 0.1) is 5.92 Å². The molecule has 0 aromatic heterocycles. The Morgan fingerprint density at radius 1 is 1.32 bits per heavy atom. The maximum atomic E-state index is 12.3. The molecule has 2 N–H and O–H groups in total. The van der Waals surface area contributed by atoms with Crippen molar-refractivity contribution < 1.29 is 14.7 Å². The third-order valence-corrected chi connectivity index (χ3v) is 4.83. The second-order valence-electron chi connectivity index (χ2n) is 5.42. The second kappa shape index (κ2) is 7.31. The van der Waals surface area contributed by atoms with Crippen LogP contribution >= 0.6 is 23.2 Å². The molecule has 0 bridgehead atoms. The number of aliphatic carboxylic acids is 1. The van der Waals surface area contributed by atoms with Crippen LogP contribution in [0.3, 0.4) is 0 Å². The molecular weight excluding hydrogens is 327 g/mol. The van der Waals surface area contributed by atoms with Crippen molar-refractivity contribution in [1.82, 2.24) is 4.90 Å². The molecule has 120 valence electrons. The van der Waals surface area contributed by atoms with E-state index in [0.717, 1.165) is 0 Å². The first-order valence-electron chi connectivity index (χ1n) is 7.12. The number of rotatable bonds is 4. The minimum Gasteiger partial charge on any atom is -0.481 e. The zero-order valence-corrected chi connectivity index (χ0v) is 13.7. The van der Waals surface area contributed by atoms with E-state index in [-0.39, 0.29) is 17.9 Å². The molecule has 1 saturated heterocycles. The Bertz CT molecular complexity index is 572. The van der Waals surface area contributed by atoms with Gasteiger partial charge in [-0.05, 0) is 45.0 Å². The molecule has 0 aliphatic carbocycles. The van der Waals surface area contributed by atoms with E-state index in [0.29, 0.717) is 41.7 Å². The van der Waals surface area contributed by atoms with Crippen molar-refractivity contribution in [2.75, 3.05) is 18.4 Å². The number of carboxylic acid groups (broad SMARTS) is 1. The van der Waals surface area contributed by atoms with Crippen molar-refractivity contribution in [3.63, 3.8) is 0 Å². The molecule has 1 fully saturated rings. The standard InChI is InChI=1S/C15H18Cl2N2O3/c1-9(19-7-5-10(6-8-19)15(21)22)14(20)18-12-4-2-3-11(16)13(12)17/h2-4,9-10H,5-8H2,1H3,(H,18,20)(H,21,22). The highest BCUT2D eigenvalue weighted by molar-refractivity contribution is 6.44. The van der Waals surface area contributed by atoms with Gasteiger partial charge in [0.05, 0.1) is 27.7 Å². The van der Waals surface area contributed by atoms with Crippen molar-refractivity contribution in [3.05, 3.63) is 28.2 Å². The van der Waals surface area contributed by atoms with Gasteiger partial charge in [0.15, 0.2) is 0 Å². The lowest BCUT2D eigenvalue weighted by molar-refractivity contribution is -0.143. The van der Waals surface area contributed by atoms with Crippen molar-refractivity contribution >= 4 is 40.8 Å². The highest BCUT2D eigenvalue weighted by Crippen LogP contribution is 2.30. The first-order valence-corrected chi connectivity index (χ1v) is 7.87. The first-order chi connectivity index (χ1) is 10.4. The van der Waals surface area contributed by atoms with E-state index in [1.54, 1.807) is 25.1 Å². The van der Waals surface area contributed by atoms with E-state index in [1.807, 2.05) is 4.90 Å². The van der Waals surface area contributed by atoms with Crippen LogP contribution in [0.5, 0.6) is 0 Å². The summed E-state index contributed by atoms with van der Waals surface area (Å²) in [7, 11) is 0. The van der Waals surface area contributed by atoms with Gasteiger partial charge in [0.25, 0.3) is 0 Å². The summed E-state index contributed by atoms with van der Waals surface area (Å²) in [5, 5.41) is 12.5. The predicted molar refractivity (Wildman–Crippen MR) is 86.5 cm³/mol. The zero-order valence-electron chi connectivity index (χ0n) is 12.2. The van der Waals surface area contributed by atoms with E-state index in [4.69, 9.17) is 28.3 Å². The molecule has 1 atom stereocenters. The Balaban J connectivity index is 1.95. The average molecular weight is 345 g/mol. The molecule has 7 heteroatoms. The molecular formula is C15H18Cl2N2O3. The second-order valence-corrected chi connectivity index (χ2v) is 6.20. The van der Waals surface area contributed by atoms with E-state index in [9.17, 15) is 9.59 Å². The minimum absolute atomic E-state index is 0.182. The topological polar surface area (TPSA) is 69.6 Å². The largest absolute Gasteiger partial charge is 0.481 e. The number of benzene rings is 1. The maximum absolute atomic E-state index is 12.3. The van der Waals surface area contributed by atoms with Crippen LogP contribution in [0.25, 0.3) is 0 Å². The Kier molecular flexibility index (Phi) is 5.67. The van der Waals surface area contributed by atoms with Gasteiger partial charge < -0.3 is 10.4 Å². The molecule has 2 rings (SSSR count). The number of likely N-dealkylation sites (tertiary alicyclic amines) is 1. The summed E-state index contributed by atoms with van der Waals surface area (Å²) in [5.41, 5.74) is 0.478. The molecule has 1 aliphatic heterocycles. The highest BCUT2D eigenvalue weighted by Gasteiger charge is 2.29. The third kappa shape index (κ3) is 3.91. The number of nitrogens with zero attached hydrogens (tertiary/aromatic N) is 1. The Morgan fingerprint density at radius 2 is 1.95 bits per heavy atom. The Morgan fingerprint density at radius 3 is 2.55 bits per heavy atom. The summed E-state index contributed by atoms with van der Waals surface area (Å²) in [6.45, 7) is 2.98. The lowest BCUT2D eigenvalue weighted by Crippen LogP contribution is -2.47. The third-order valence-electron chi connectivity index (χ3n) is 4.02. The molecule has 5 nitrogen and oxygen atoms in total. The number of amides is 1. The van der Waals surface area contributed by atoms with Gasteiger partial charge in [-0.15, -0.1) is 0 Å². The molecule has 1 heterocycles. The van der Waals surface area contributed by atoms with Crippen LogP contribution in [-0.4, -0.2) is 41.0 Å². The number of hydrogen-bond donors (Lipinski definition) is 2. The molecule has 0 radical (unpaired) electrons. The molecule has 1 unspecified atom stereocenters. The van der Waals surface area contributed by atoms with Gasteiger partial charge in [-0.25, -0.2) is 0 Å². The van der Waals surface area contributed by atoms with E-state index < -0.39 is 5.97 Å². The number of anilines is 1. The van der Waals surface area contributed by atoms with Crippen molar-refractivity contribution in [2.45, 2.75) is 25.8 Å². The Labute approximate surface area is 139 Å². The minimum atomic E-state index is -0.762. The van der Waals surface area contributed by atoms with Gasteiger partial charge >= 0.3 is 5.97 Å². The predicted octanol–water partition coefficient (Wildman–Crippen LogP) is 3.12. The molecule has 1 aromatic rings. The lowest BCUT2D eigenvalue weighted by atomic mass is 9.96. The SMILES string of the molecule is CC(C(=O)Nc1cccc(Cl)c1Cl)N1CCC(C(=O)O)CC1. The van der Waals surface area contributed by atoms with Crippen LogP contribution in [0.4, 0.5) is 5.69 Å². The lowest BCUT2D eigenvalue weighted by Gasteiger charge is -2.33. The summed E-state index contributed by atoms with van der Waals surface area (Å²) in [4.78, 5) is 25.2. The van der Waals surface area contributed by atoms with Crippen LogP contribution in [-0.2, 0) is 9.59 Å².